The molecule has 5 nitrogen and oxygen atoms in total. The van der Waals surface area contributed by atoms with Crippen molar-refractivity contribution in [3.05, 3.63) is 0 Å². The van der Waals surface area contributed by atoms with E-state index in [2.05, 4.69) is 10.1 Å². The number of rotatable bonds is 9. The first-order chi connectivity index (χ1) is 8.74. The van der Waals surface area contributed by atoms with Gasteiger partial charge in [-0.1, -0.05) is 13.3 Å². The van der Waals surface area contributed by atoms with Crippen LogP contribution in [0.3, 0.4) is 0 Å². The van der Waals surface area contributed by atoms with Gasteiger partial charge in [-0.05, 0) is 6.42 Å². The fourth-order valence-electron chi connectivity index (χ4n) is 1.44. The van der Waals surface area contributed by atoms with E-state index in [0.717, 1.165) is 0 Å². The number of hydrogen-bond donors (Lipinski definition) is 2. The molecule has 0 rings (SSSR count). The first-order valence-electron chi connectivity index (χ1n) is 5.90. The van der Waals surface area contributed by atoms with Crippen LogP contribution in [0.4, 0.5) is 13.2 Å². The number of aliphatic carboxylic acids is 1. The van der Waals surface area contributed by atoms with Crippen molar-refractivity contribution in [2.24, 2.45) is 0 Å². The van der Waals surface area contributed by atoms with Crippen molar-refractivity contribution in [3.8, 4) is 0 Å². The molecule has 112 valence electrons. The summed E-state index contributed by atoms with van der Waals surface area (Å²) in [6.45, 7) is 0.0957. The van der Waals surface area contributed by atoms with Crippen LogP contribution in [0, 0.1) is 0 Å². The molecule has 0 aromatic carbocycles. The molecule has 19 heavy (non-hydrogen) atoms. The van der Waals surface area contributed by atoms with Crippen LogP contribution >= 0.6 is 0 Å². The number of halogens is 3. The van der Waals surface area contributed by atoms with Crippen molar-refractivity contribution in [3.63, 3.8) is 0 Å². The van der Waals surface area contributed by atoms with Crippen LogP contribution in [0.2, 0.25) is 0 Å². The second kappa shape index (κ2) is 8.73. The van der Waals surface area contributed by atoms with Gasteiger partial charge in [0.1, 0.15) is 6.61 Å². The van der Waals surface area contributed by atoms with Gasteiger partial charge in [-0.15, -0.1) is 0 Å². The van der Waals surface area contributed by atoms with Crippen LogP contribution in [0.15, 0.2) is 0 Å². The molecule has 0 heterocycles. The number of alkyl halides is 3. The summed E-state index contributed by atoms with van der Waals surface area (Å²) in [6.07, 6.45) is -3.65. The molecule has 0 fully saturated rings. The largest absolute Gasteiger partial charge is 0.481 e. The Bertz CT molecular complexity index is 294. The maximum absolute atomic E-state index is 11.7. The van der Waals surface area contributed by atoms with Crippen molar-refractivity contribution < 1.29 is 32.6 Å². The molecule has 0 saturated heterocycles. The lowest BCUT2D eigenvalue weighted by atomic mass is 10.1. The second-order valence-electron chi connectivity index (χ2n) is 4.07. The molecular formula is C11H18F3NO4. The summed E-state index contributed by atoms with van der Waals surface area (Å²) in [6, 6.07) is -0.502. The minimum absolute atomic E-state index is 0.205. The third-order valence-electron chi connectivity index (χ3n) is 2.16. The van der Waals surface area contributed by atoms with Crippen molar-refractivity contribution in [2.75, 3.05) is 13.2 Å². The highest BCUT2D eigenvalue weighted by molar-refractivity contribution is 5.77. The van der Waals surface area contributed by atoms with Gasteiger partial charge in [0.15, 0.2) is 0 Å². The Morgan fingerprint density at radius 2 is 2.00 bits per heavy atom. The lowest BCUT2D eigenvalue weighted by Gasteiger charge is -2.16. The van der Waals surface area contributed by atoms with E-state index in [0.29, 0.717) is 12.8 Å². The fraction of sp³-hybridized carbons (Fsp3) is 0.818. The van der Waals surface area contributed by atoms with Crippen molar-refractivity contribution in [1.82, 2.24) is 5.32 Å². The Labute approximate surface area is 109 Å². The van der Waals surface area contributed by atoms with Gasteiger partial charge in [0.2, 0.25) is 5.91 Å². The van der Waals surface area contributed by atoms with Gasteiger partial charge in [0.05, 0.1) is 13.0 Å². The Balaban J connectivity index is 3.89. The summed E-state index contributed by atoms with van der Waals surface area (Å²) in [4.78, 5) is 21.9. The van der Waals surface area contributed by atoms with Crippen molar-refractivity contribution >= 4 is 11.9 Å². The third-order valence-corrected chi connectivity index (χ3v) is 2.16. The molecule has 0 aliphatic carbocycles. The Morgan fingerprint density at radius 3 is 2.47 bits per heavy atom. The van der Waals surface area contributed by atoms with Gasteiger partial charge in [-0.2, -0.15) is 13.2 Å². The van der Waals surface area contributed by atoms with Gasteiger partial charge in [0, 0.05) is 12.5 Å². The molecule has 2 N–H and O–H groups in total. The molecule has 8 heteroatoms. The highest BCUT2D eigenvalue weighted by atomic mass is 19.4. The fourth-order valence-corrected chi connectivity index (χ4v) is 1.44. The first kappa shape index (κ1) is 17.7. The monoisotopic (exact) mass is 285 g/mol. The smallest absolute Gasteiger partial charge is 0.411 e. The van der Waals surface area contributed by atoms with Gasteiger partial charge >= 0.3 is 12.1 Å². The summed E-state index contributed by atoms with van der Waals surface area (Å²) in [7, 11) is 0. The summed E-state index contributed by atoms with van der Waals surface area (Å²) < 4.78 is 39.5. The van der Waals surface area contributed by atoms with Crippen LogP contribution in [-0.4, -0.2) is 42.4 Å². The number of ether oxygens (including phenoxy) is 1. The Hall–Kier alpha value is -1.31. The van der Waals surface area contributed by atoms with E-state index in [1.54, 1.807) is 0 Å². The van der Waals surface area contributed by atoms with E-state index < -0.39 is 30.7 Å². The number of amides is 1. The van der Waals surface area contributed by atoms with Crippen LogP contribution in [0.5, 0.6) is 0 Å². The van der Waals surface area contributed by atoms with Crippen LogP contribution in [0.25, 0.3) is 0 Å². The van der Waals surface area contributed by atoms with E-state index in [4.69, 9.17) is 5.11 Å². The second-order valence-corrected chi connectivity index (χ2v) is 4.07. The van der Waals surface area contributed by atoms with Gasteiger partial charge in [0.25, 0.3) is 0 Å². The van der Waals surface area contributed by atoms with E-state index in [-0.39, 0.29) is 19.4 Å². The summed E-state index contributed by atoms with van der Waals surface area (Å²) in [5.41, 5.74) is 0. The molecule has 0 aromatic heterocycles. The molecule has 1 amide bonds. The molecule has 0 aromatic rings. The van der Waals surface area contributed by atoms with E-state index in [1.165, 1.54) is 0 Å². The molecule has 1 atom stereocenters. The highest BCUT2D eigenvalue weighted by Crippen LogP contribution is 2.14. The average molecular weight is 285 g/mol. The van der Waals surface area contributed by atoms with E-state index in [9.17, 15) is 22.8 Å². The molecule has 0 saturated carbocycles. The summed E-state index contributed by atoms with van der Waals surface area (Å²) >= 11 is 0. The number of nitrogens with one attached hydrogen (secondary N) is 1. The van der Waals surface area contributed by atoms with Gasteiger partial charge in [-0.3, -0.25) is 9.59 Å². The predicted octanol–water partition coefficient (Wildman–Crippen LogP) is 1.71. The zero-order chi connectivity index (χ0) is 14.9. The molecule has 0 aliphatic rings. The third kappa shape index (κ3) is 11.5. The first-order valence-corrected chi connectivity index (χ1v) is 5.90. The highest BCUT2D eigenvalue weighted by Gasteiger charge is 2.27. The molecule has 0 aliphatic heterocycles. The molecule has 0 radical (unpaired) electrons. The SMILES string of the molecule is CCCC(CC(=O)O)NC(=O)CCOCC(F)(F)F. The number of carbonyl (C=O) groups is 2. The maximum Gasteiger partial charge on any atom is 0.411 e. The normalized spacial score (nSPS) is 13.1. The Morgan fingerprint density at radius 1 is 1.37 bits per heavy atom. The standard InChI is InChI=1S/C11H18F3NO4/c1-2-3-8(6-10(17)18)15-9(16)4-5-19-7-11(12,13)14/h8H,2-7H2,1H3,(H,15,16)(H,17,18). The van der Waals surface area contributed by atoms with Crippen LogP contribution in [0.1, 0.15) is 32.6 Å². The van der Waals surface area contributed by atoms with Gasteiger partial charge in [-0.25, -0.2) is 0 Å². The average Bonchev–Trinajstić information content (AvgIpc) is 2.22. The summed E-state index contributed by atoms with van der Waals surface area (Å²) in [5.74, 6) is -1.55. The maximum atomic E-state index is 11.7. The topological polar surface area (TPSA) is 75.6 Å². The zero-order valence-corrected chi connectivity index (χ0v) is 10.6. The van der Waals surface area contributed by atoms with Crippen LogP contribution < -0.4 is 5.32 Å². The predicted molar refractivity (Wildman–Crippen MR) is 60.6 cm³/mol. The zero-order valence-electron chi connectivity index (χ0n) is 10.6. The lowest BCUT2D eigenvalue weighted by molar-refractivity contribution is -0.174. The van der Waals surface area contributed by atoms with Gasteiger partial charge < -0.3 is 15.2 Å². The lowest BCUT2D eigenvalue weighted by Crippen LogP contribution is -2.37. The quantitative estimate of drug-likeness (QED) is 0.632. The van der Waals surface area contributed by atoms with E-state index >= 15 is 0 Å². The Kier molecular flexibility index (Phi) is 8.13. The van der Waals surface area contributed by atoms with Crippen LogP contribution in [-0.2, 0) is 14.3 Å². The molecule has 1 unspecified atom stereocenters. The minimum atomic E-state index is -4.41. The molecule has 0 bridgehead atoms. The summed E-state index contributed by atoms with van der Waals surface area (Å²) in [5, 5.41) is 11.1. The number of carboxylic acid groups (broad SMARTS) is 1. The minimum Gasteiger partial charge on any atom is -0.481 e. The number of carboxylic acids is 1. The van der Waals surface area contributed by atoms with E-state index in [1.807, 2.05) is 6.92 Å². The van der Waals surface area contributed by atoms with Crippen molar-refractivity contribution in [1.29, 1.82) is 0 Å². The number of carbonyl (C=O) groups excluding carboxylic acids is 1. The van der Waals surface area contributed by atoms with Crippen molar-refractivity contribution in [2.45, 2.75) is 44.8 Å². The molecule has 0 spiro atoms. The molecular weight excluding hydrogens is 267 g/mol. The number of hydrogen-bond acceptors (Lipinski definition) is 3.